The van der Waals surface area contributed by atoms with E-state index in [0.29, 0.717) is 6.61 Å². The second-order valence-electron chi connectivity index (χ2n) is 4.37. The second kappa shape index (κ2) is 4.67. The number of rotatable bonds is 4. The van der Waals surface area contributed by atoms with Crippen molar-refractivity contribution < 1.29 is 9.53 Å². The monoisotopic (exact) mass is 199 g/mol. The molecule has 1 aliphatic heterocycles. The summed E-state index contributed by atoms with van der Waals surface area (Å²) in [5.74, 6) is 0. The van der Waals surface area contributed by atoms with E-state index in [-0.39, 0.29) is 11.5 Å². The van der Waals surface area contributed by atoms with Gasteiger partial charge in [-0.3, -0.25) is 0 Å². The molecule has 82 valence electrons. The molecule has 0 radical (unpaired) electrons. The van der Waals surface area contributed by atoms with Crippen LogP contribution in [0.15, 0.2) is 0 Å². The topological polar surface area (TPSA) is 29.5 Å². The molecule has 1 unspecified atom stereocenters. The highest BCUT2D eigenvalue weighted by atomic mass is 16.6. The smallest absolute Gasteiger partial charge is 0.409 e. The Bertz CT molecular complexity index is 205. The van der Waals surface area contributed by atoms with Crippen LogP contribution < -0.4 is 0 Å². The molecule has 3 nitrogen and oxygen atoms in total. The Morgan fingerprint density at radius 1 is 1.50 bits per heavy atom. The summed E-state index contributed by atoms with van der Waals surface area (Å²) in [6.07, 6.45) is 4.51. The molecule has 0 aliphatic carbocycles. The van der Waals surface area contributed by atoms with Crippen molar-refractivity contribution in [1.29, 1.82) is 0 Å². The van der Waals surface area contributed by atoms with Crippen LogP contribution in [0.5, 0.6) is 0 Å². The van der Waals surface area contributed by atoms with Crippen LogP contribution >= 0.6 is 0 Å². The van der Waals surface area contributed by atoms with Crippen molar-refractivity contribution >= 4 is 6.09 Å². The lowest BCUT2D eigenvalue weighted by molar-refractivity contribution is -0.00609. The lowest BCUT2D eigenvalue weighted by Gasteiger charge is -2.40. The number of hydrogen-bond donors (Lipinski definition) is 0. The van der Waals surface area contributed by atoms with E-state index < -0.39 is 0 Å². The molecule has 1 atom stereocenters. The molecule has 0 aromatic rings. The minimum atomic E-state index is -0.175. The lowest BCUT2D eigenvalue weighted by atomic mass is 9.80. The molecule has 0 spiro atoms. The first-order chi connectivity index (χ1) is 6.63. The number of carbonyl (C=O) groups excluding carboxylic acids is 1. The van der Waals surface area contributed by atoms with E-state index in [0.717, 1.165) is 19.4 Å². The van der Waals surface area contributed by atoms with E-state index in [4.69, 9.17) is 4.74 Å². The number of amides is 1. The Kier molecular flexibility index (Phi) is 3.78. The maximum Gasteiger partial charge on any atom is 0.409 e. The fourth-order valence-corrected chi connectivity index (χ4v) is 2.03. The van der Waals surface area contributed by atoms with E-state index >= 15 is 0 Å². The second-order valence-corrected chi connectivity index (χ2v) is 4.37. The molecular weight excluding hydrogens is 178 g/mol. The molecule has 0 aromatic heterocycles. The van der Waals surface area contributed by atoms with Gasteiger partial charge in [0.15, 0.2) is 0 Å². The molecule has 0 N–H and O–H groups in total. The van der Waals surface area contributed by atoms with Gasteiger partial charge in [0.05, 0.1) is 0 Å². The number of nitrogens with zero attached hydrogens (tertiary/aromatic N) is 1. The molecule has 14 heavy (non-hydrogen) atoms. The van der Waals surface area contributed by atoms with Gasteiger partial charge in [-0.1, -0.05) is 26.7 Å². The highest BCUT2D eigenvalue weighted by Crippen LogP contribution is 2.33. The van der Waals surface area contributed by atoms with E-state index in [1.54, 1.807) is 4.90 Å². The molecule has 1 heterocycles. The third-order valence-corrected chi connectivity index (χ3v) is 3.20. The summed E-state index contributed by atoms with van der Waals surface area (Å²) < 4.78 is 5.18. The first kappa shape index (κ1) is 11.3. The van der Waals surface area contributed by atoms with Crippen molar-refractivity contribution in [2.24, 2.45) is 5.41 Å². The van der Waals surface area contributed by atoms with Crippen LogP contribution in [0, 0.1) is 5.41 Å². The van der Waals surface area contributed by atoms with Gasteiger partial charge in [-0.2, -0.15) is 0 Å². The molecule has 0 aromatic carbocycles. The van der Waals surface area contributed by atoms with Gasteiger partial charge in [0, 0.05) is 19.0 Å². The summed E-state index contributed by atoms with van der Waals surface area (Å²) in [6.45, 7) is 5.83. The number of ether oxygens (including phenoxy) is 1. The number of hydrogen-bond acceptors (Lipinski definition) is 2. The van der Waals surface area contributed by atoms with Crippen LogP contribution in [0.2, 0.25) is 0 Å². The van der Waals surface area contributed by atoms with E-state index in [1.165, 1.54) is 12.8 Å². The van der Waals surface area contributed by atoms with E-state index in [2.05, 4.69) is 13.8 Å². The Labute approximate surface area is 86.4 Å². The van der Waals surface area contributed by atoms with Gasteiger partial charge in [0.25, 0.3) is 0 Å². The van der Waals surface area contributed by atoms with Gasteiger partial charge in [-0.15, -0.1) is 0 Å². The van der Waals surface area contributed by atoms with Crippen LogP contribution in [-0.2, 0) is 4.74 Å². The molecule has 1 aliphatic rings. The minimum Gasteiger partial charge on any atom is -0.449 e. The third kappa shape index (κ3) is 2.40. The molecular formula is C11H21NO2. The highest BCUT2D eigenvalue weighted by molar-refractivity contribution is 5.68. The predicted octanol–water partition coefficient (Wildman–Crippen LogP) is 2.66. The standard InChI is InChI=1S/C11H21NO2/c1-4-6-7-11(5-2)8-12(3)10(13)14-9-11/h4-9H2,1-3H3. The van der Waals surface area contributed by atoms with E-state index in [1.807, 2.05) is 7.05 Å². The molecule has 1 rings (SSSR count). The molecule has 0 saturated carbocycles. The van der Waals surface area contributed by atoms with Crippen LogP contribution in [0.25, 0.3) is 0 Å². The van der Waals surface area contributed by atoms with Crippen LogP contribution in [-0.4, -0.2) is 31.2 Å². The zero-order valence-electron chi connectivity index (χ0n) is 9.51. The predicted molar refractivity (Wildman–Crippen MR) is 56.2 cm³/mol. The average Bonchev–Trinajstić information content (AvgIpc) is 2.20. The first-order valence-electron chi connectivity index (χ1n) is 5.51. The van der Waals surface area contributed by atoms with Crippen molar-refractivity contribution in [3.63, 3.8) is 0 Å². The molecule has 1 saturated heterocycles. The van der Waals surface area contributed by atoms with Crippen LogP contribution in [0.1, 0.15) is 39.5 Å². The summed E-state index contributed by atoms with van der Waals surface area (Å²) >= 11 is 0. The average molecular weight is 199 g/mol. The molecule has 1 fully saturated rings. The van der Waals surface area contributed by atoms with Crippen LogP contribution in [0.3, 0.4) is 0 Å². The van der Waals surface area contributed by atoms with Crippen molar-refractivity contribution in [3.05, 3.63) is 0 Å². The minimum absolute atomic E-state index is 0.175. The summed E-state index contributed by atoms with van der Waals surface area (Å²) in [5.41, 5.74) is 0.207. The van der Waals surface area contributed by atoms with Gasteiger partial charge in [-0.25, -0.2) is 4.79 Å². The summed E-state index contributed by atoms with van der Waals surface area (Å²) in [7, 11) is 1.82. The Morgan fingerprint density at radius 3 is 2.71 bits per heavy atom. The summed E-state index contributed by atoms with van der Waals surface area (Å²) in [6, 6.07) is 0. The molecule has 1 amide bonds. The summed E-state index contributed by atoms with van der Waals surface area (Å²) in [5, 5.41) is 0. The van der Waals surface area contributed by atoms with Gasteiger partial charge in [0.2, 0.25) is 0 Å². The highest BCUT2D eigenvalue weighted by Gasteiger charge is 2.36. The first-order valence-corrected chi connectivity index (χ1v) is 5.51. The van der Waals surface area contributed by atoms with Crippen LogP contribution in [0.4, 0.5) is 4.79 Å². The summed E-state index contributed by atoms with van der Waals surface area (Å²) in [4.78, 5) is 12.9. The van der Waals surface area contributed by atoms with E-state index in [9.17, 15) is 4.79 Å². The largest absolute Gasteiger partial charge is 0.449 e. The normalized spacial score (nSPS) is 27.6. The molecule has 0 bridgehead atoms. The number of cyclic esters (lactones) is 1. The van der Waals surface area contributed by atoms with Crippen molar-refractivity contribution in [1.82, 2.24) is 4.90 Å². The Balaban J connectivity index is 2.56. The zero-order chi connectivity index (χ0) is 10.6. The third-order valence-electron chi connectivity index (χ3n) is 3.20. The fourth-order valence-electron chi connectivity index (χ4n) is 2.03. The Morgan fingerprint density at radius 2 is 2.21 bits per heavy atom. The van der Waals surface area contributed by atoms with Crippen molar-refractivity contribution in [2.45, 2.75) is 39.5 Å². The SMILES string of the molecule is CCCCC1(CC)COC(=O)N(C)C1. The maximum absolute atomic E-state index is 11.2. The fraction of sp³-hybridized carbons (Fsp3) is 0.909. The van der Waals surface area contributed by atoms with Crippen molar-refractivity contribution in [2.75, 3.05) is 20.2 Å². The van der Waals surface area contributed by atoms with Gasteiger partial charge >= 0.3 is 6.09 Å². The molecule has 3 heteroatoms. The Hall–Kier alpha value is -0.730. The maximum atomic E-state index is 11.2. The van der Waals surface area contributed by atoms with Gasteiger partial charge in [-0.05, 0) is 12.8 Å². The lowest BCUT2D eigenvalue weighted by Crippen LogP contribution is -2.47. The quantitative estimate of drug-likeness (QED) is 0.696. The zero-order valence-corrected chi connectivity index (χ0v) is 9.51. The van der Waals surface area contributed by atoms with Gasteiger partial charge in [0.1, 0.15) is 6.61 Å². The van der Waals surface area contributed by atoms with Gasteiger partial charge < -0.3 is 9.64 Å². The number of unbranched alkanes of at least 4 members (excludes halogenated alkanes) is 1. The number of carbonyl (C=O) groups is 1. The van der Waals surface area contributed by atoms with Crippen molar-refractivity contribution in [3.8, 4) is 0 Å².